The second-order valence-corrected chi connectivity index (χ2v) is 5.75. The number of rotatable bonds is 3. The first-order valence-electron chi connectivity index (χ1n) is 5.54. The third-order valence-corrected chi connectivity index (χ3v) is 3.00. The Kier molecular flexibility index (Phi) is 3.53. The SMILES string of the molecule is CC(C)(C)CC(C(=O)O)C1CCC(=O)C1. The molecule has 0 heterocycles. The van der Waals surface area contributed by atoms with Crippen molar-refractivity contribution in [2.45, 2.75) is 46.5 Å². The van der Waals surface area contributed by atoms with Gasteiger partial charge in [-0.25, -0.2) is 0 Å². The summed E-state index contributed by atoms with van der Waals surface area (Å²) in [6.07, 6.45) is 2.44. The molecule has 0 aromatic carbocycles. The highest BCUT2D eigenvalue weighted by atomic mass is 16.4. The summed E-state index contributed by atoms with van der Waals surface area (Å²) >= 11 is 0. The van der Waals surface area contributed by atoms with E-state index in [4.69, 9.17) is 0 Å². The summed E-state index contributed by atoms with van der Waals surface area (Å²) in [6.45, 7) is 6.12. The molecule has 2 atom stereocenters. The molecular formula is C12H20O3. The van der Waals surface area contributed by atoms with Gasteiger partial charge in [0.05, 0.1) is 5.92 Å². The molecule has 15 heavy (non-hydrogen) atoms. The van der Waals surface area contributed by atoms with Gasteiger partial charge in [0.1, 0.15) is 5.78 Å². The summed E-state index contributed by atoms with van der Waals surface area (Å²) in [5.74, 6) is -0.810. The van der Waals surface area contributed by atoms with Crippen LogP contribution in [-0.4, -0.2) is 16.9 Å². The van der Waals surface area contributed by atoms with Crippen LogP contribution in [0.25, 0.3) is 0 Å². The maximum absolute atomic E-state index is 11.2. The number of carbonyl (C=O) groups excluding carboxylic acids is 1. The summed E-state index contributed by atoms with van der Waals surface area (Å²) in [4.78, 5) is 22.3. The topological polar surface area (TPSA) is 54.4 Å². The zero-order chi connectivity index (χ0) is 11.6. The molecule has 0 aromatic heterocycles. The van der Waals surface area contributed by atoms with Crippen molar-refractivity contribution in [3.63, 3.8) is 0 Å². The second kappa shape index (κ2) is 4.33. The van der Waals surface area contributed by atoms with E-state index in [9.17, 15) is 14.7 Å². The Balaban J connectivity index is 2.66. The average molecular weight is 212 g/mol. The Morgan fingerprint density at radius 1 is 1.53 bits per heavy atom. The molecule has 1 N–H and O–H groups in total. The highest BCUT2D eigenvalue weighted by Crippen LogP contribution is 2.36. The van der Waals surface area contributed by atoms with Gasteiger partial charge in [-0.1, -0.05) is 20.8 Å². The zero-order valence-corrected chi connectivity index (χ0v) is 9.75. The predicted molar refractivity (Wildman–Crippen MR) is 57.5 cm³/mol. The molecule has 0 bridgehead atoms. The summed E-state index contributed by atoms with van der Waals surface area (Å²) in [6, 6.07) is 0. The van der Waals surface area contributed by atoms with Crippen molar-refractivity contribution < 1.29 is 14.7 Å². The number of Topliss-reactive ketones (excluding diaryl/α,β-unsaturated/α-hetero) is 1. The molecule has 0 aromatic rings. The van der Waals surface area contributed by atoms with Crippen molar-refractivity contribution in [1.82, 2.24) is 0 Å². The summed E-state index contributed by atoms with van der Waals surface area (Å²) in [7, 11) is 0. The lowest BCUT2D eigenvalue weighted by Crippen LogP contribution is -2.27. The Bertz CT molecular complexity index is 263. The third kappa shape index (κ3) is 3.65. The molecule has 0 spiro atoms. The van der Waals surface area contributed by atoms with E-state index in [1.807, 2.05) is 20.8 Å². The third-order valence-electron chi connectivity index (χ3n) is 3.00. The average Bonchev–Trinajstić information content (AvgIpc) is 2.45. The van der Waals surface area contributed by atoms with Crippen molar-refractivity contribution in [3.05, 3.63) is 0 Å². The molecule has 0 radical (unpaired) electrons. The van der Waals surface area contributed by atoms with E-state index in [1.165, 1.54) is 0 Å². The fourth-order valence-electron chi connectivity index (χ4n) is 2.30. The first-order chi connectivity index (χ1) is 6.79. The van der Waals surface area contributed by atoms with Crippen molar-refractivity contribution in [1.29, 1.82) is 0 Å². The molecule has 3 nitrogen and oxygen atoms in total. The fraction of sp³-hybridized carbons (Fsp3) is 0.833. The molecule has 2 unspecified atom stereocenters. The number of hydrogen-bond donors (Lipinski definition) is 1. The lowest BCUT2D eigenvalue weighted by atomic mass is 9.78. The van der Waals surface area contributed by atoms with Gasteiger partial charge in [-0.3, -0.25) is 9.59 Å². The molecule has 0 amide bonds. The van der Waals surface area contributed by atoms with Crippen molar-refractivity contribution in [2.24, 2.45) is 17.3 Å². The van der Waals surface area contributed by atoms with E-state index in [2.05, 4.69) is 0 Å². The monoisotopic (exact) mass is 212 g/mol. The number of carbonyl (C=O) groups is 2. The van der Waals surface area contributed by atoms with Gasteiger partial charge >= 0.3 is 5.97 Å². The highest BCUT2D eigenvalue weighted by molar-refractivity contribution is 5.82. The minimum absolute atomic E-state index is 0.00863. The van der Waals surface area contributed by atoms with E-state index in [1.54, 1.807) is 0 Å². The maximum atomic E-state index is 11.2. The van der Waals surface area contributed by atoms with Gasteiger partial charge in [-0.05, 0) is 24.2 Å². The van der Waals surface area contributed by atoms with Crippen molar-refractivity contribution in [3.8, 4) is 0 Å². The minimum Gasteiger partial charge on any atom is -0.481 e. The molecule has 86 valence electrons. The summed E-state index contributed by atoms with van der Waals surface area (Å²) in [5.41, 5.74) is 0.00863. The summed E-state index contributed by atoms with van der Waals surface area (Å²) in [5, 5.41) is 9.17. The first kappa shape index (κ1) is 12.2. The van der Waals surface area contributed by atoms with Crippen LogP contribution in [-0.2, 0) is 9.59 Å². The van der Waals surface area contributed by atoms with Gasteiger partial charge in [0, 0.05) is 12.8 Å². The normalized spacial score (nSPS) is 24.2. The Morgan fingerprint density at radius 2 is 2.13 bits per heavy atom. The number of carboxylic acids is 1. The van der Waals surface area contributed by atoms with Crippen molar-refractivity contribution in [2.75, 3.05) is 0 Å². The van der Waals surface area contributed by atoms with E-state index in [0.29, 0.717) is 19.3 Å². The van der Waals surface area contributed by atoms with Crippen LogP contribution in [0.15, 0.2) is 0 Å². The van der Waals surface area contributed by atoms with Gasteiger partial charge in [-0.15, -0.1) is 0 Å². The van der Waals surface area contributed by atoms with Crippen LogP contribution in [0.5, 0.6) is 0 Å². The molecule has 3 heteroatoms. The second-order valence-electron chi connectivity index (χ2n) is 5.75. The van der Waals surface area contributed by atoms with Crippen LogP contribution >= 0.6 is 0 Å². The van der Waals surface area contributed by atoms with Crippen LogP contribution < -0.4 is 0 Å². The molecule has 0 aliphatic heterocycles. The molecule has 1 aliphatic carbocycles. The lowest BCUT2D eigenvalue weighted by molar-refractivity contribution is -0.144. The van der Waals surface area contributed by atoms with E-state index in [0.717, 1.165) is 6.42 Å². The predicted octanol–water partition coefficient (Wildman–Crippen LogP) is 2.49. The Morgan fingerprint density at radius 3 is 2.47 bits per heavy atom. The fourth-order valence-corrected chi connectivity index (χ4v) is 2.30. The molecule has 1 fully saturated rings. The number of ketones is 1. The number of hydrogen-bond acceptors (Lipinski definition) is 2. The number of aliphatic carboxylic acids is 1. The largest absolute Gasteiger partial charge is 0.481 e. The maximum Gasteiger partial charge on any atom is 0.306 e. The minimum atomic E-state index is -0.746. The van der Waals surface area contributed by atoms with Crippen molar-refractivity contribution >= 4 is 11.8 Å². The van der Waals surface area contributed by atoms with Crippen LogP contribution in [0, 0.1) is 17.3 Å². The van der Waals surface area contributed by atoms with Gasteiger partial charge < -0.3 is 5.11 Å². The van der Waals surface area contributed by atoms with Crippen LogP contribution in [0.3, 0.4) is 0 Å². The smallest absolute Gasteiger partial charge is 0.306 e. The lowest BCUT2D eigenvalue weighted by Gasteiger charge is -2.26. The molecule has 1 aliphatic rings. The van der Waals surface area contributed by atoms with Gasteiger partial charge in [0.2, 0.25) is 0 Å². The first-order valence-corrected chi connectivity index (χ1v) is 5.54. The quantitative estimate of drug-likeness (QED) is 0.782. The Hall–Kier alpha value is -0.860. The Labute approximate surface area is 90.9 Å². The van der Waals surface area contributed by atoms with E-state index in [-0.39, 0.29) is 23.0 Å². The van der Waals surface area contributed by atoms with Gasteiger partial charge in [-0.2, -0.15) is 0 Å². The summed E-state index contributed by atoms with van der Waals surface area (Å²) < 4.78 is 0. The van der Waals surface area contributed by atoms with Crippen LogP contribution in [0.2, 0.25) is 0 Å². The highest BCUT2D eigenvalue weighted by Gasteiger charge is 2.36. The standard InChI is InChI=1S/C12H20O3/c1-12(2,3)7-10(11(14)15)8-4-5-9(13)6-8/h8,10H,4-7H2,1-3H3,(H,14,15). The molecule has 1 rings (SSSR count). The molecule has 1 saturated carbocycles. The van der Waals surface area contributed by atoms with Crippen LogP contribution in [0.4, 0.5) is 0 Å². The van der Waals surface area contributed by atoms with Gasteiger partial charge in [0.25, 0.3) is 0 Å². The van der Waals surface area contributed by atoms with E-state index >= 15 is 0 Å². The van der Waals surface area contributed by atoms with Crippen LogP contribution in [0.1, 0.15) is 46.5 Å². The van der Waals surface area contributed by atoms with E-state index < -0.39 is 5.97 Å². The zero-order valence-electron chi connectivity index (χ0n) is 9.75. The molecule has 0 saturated heterocycles. The number of carboxylic acid groups (broad SMARTS) is 1. The molecular weight excluding hydrogens is 192 g/mol. The van der Waals surface area contributed by atoms with Gasteiger partial charge in [0.15, 0.2) is 0 Å².